The summed E-state index contributed by atoms with van der Waals surface area (Å²) < 4.78 is 16.6. The number of rotatable bonds is 2. The largest absolute Gasteiger partial charge is 0.353 e. The zero-order valence-corrected chi connectivity index (χ0v) is 13.5. The maximum Gasteiger partial charge on any atom is 0.353 e. The molecular formula is C18H14FN5O2. The molecule has 0 aliphatic carbocycles. The molecule has 2 N–H and O–H groups in total. The molecule has 130 valence electrons. The zero-order chi connectivity index (χ0) is 18.4. The van der Waals surface area contributed by atoms with Crippen molar-refractivity contribution in [3.05, 3.63) is 86.9 Å². The van der Waals surface area contributed by atoms with Crippen LogP contribution in [0.25, 0.3) is 5.69 Å². The number of hydrogen-bond acceptors (Lipinski definition) is 4. The third-order valence-electron chi connectivity index (χ3n) is 4.64. The number of fused-ring (bicyclic) bond motifs is 1. The molecule has 0 radical (unpaired) electrons. The summed E-state index contributed by atoms with van der Waals surface area (Å²) in [4.78, 5) is 25.8. The highest BCUT2D eigenvalue weighted by Crippen LogP contribution is 2.36. The standard InChI is InChI=1S/C18H14FN5O2/c19-12-8-6-11(7-9-12)15-14(10-20)16(21)24-18(26)22(17(25)23(15)24)13-4-2-1-3-5-13/h1-9,14-16H,21H2. The Bertz CT molecular complexity index is 1120. The number of para-hydroxylation sites is 1. The van der Waals surface area contributed by atoms with E-state index < -0.39 is 35.3 Å². The highest BCUT2D eigenvalue weighted by molar-refractivity contribution is 5.32. The van der Waals surface area contributed by atoms with Gasteiger partial charge in [-0.3, -0.25) is 0 Å². The maximum atomic E-state index is 13.3. The lowest BCUT2D eigenvalue weighted by Gasteiger charge is -2.16. The van der Waals surface area contributed by atoms with Crippen molar-refractivity contribution in [1.82, 2.24) is 13.9 Å². The number of nitriles is 1. The normalized spacial score (nSPS) is 21.3. The molecule has 7 nitrogen and oxygen atoms in total. The molecule has 2 heterocycles. The first-order chi connectivity index (χ1) is 12.5. The molecule has 3 unspecified atom stereocenters. The van der Waals surface area contributed by atoms with Crippen LogP contribution < -0.4 is 17.1 Å². The first kappa shape index (κ1) is 16.1. The van der Waals surface area contributed by atoms with E-state index in [2.05, 4.69) is 6.07 Å². The van der Waals surface area contributed by atoms with Crippen LogP contribution in [0.2, 0.25) is 0 Å². The summed E-state index contributed by atoms with van der Waals surface area (Å²) in [7, 11) is 0. The average Bonchev–Trinajstić information content (AvgIpc) is 3.09. The van der Waals surface area contributed by atoms with E-state index in [1.165, 1.54) is 28.9 Å². The molecule has 1 aromatic heterocycles. The summed E-state index contributed by atoms with van der Waals surface area (Å²) >= 11 is 0. The SMILES string of the molecule is N#CC1C(N)n2c(=O)n(-c3ccccc3)c(=O)n2C1c1ccc(F)cc1. The molecule has 0 amide bonds. The van der Waals surface area contributed by atoms with Crippen LogP contribution in [0.4, 0.5) is 4.39 Å². The number of hydrogen-bond donors (Lipinski definition) is 1. The molecule has 0 saturated heterocycles. The van der Waals surface area contributed by atoms with Gasteiger partial charge >= 0.3 is 11.4 Å². The van der Waals surface area contributed by atoms with Gasteiger partial charge in [0.15, 0.2) is 0 Å². The highest BCUT2D eigenvalue weighted by Gasteiger charge is 2.43. The Kier molecular flexibility index (Phi) is 3.60. The van der Waals surface area contributed by atoms with Gasteiger partial charge in [-0.05, 0) is 29.8 Å². The molecule has 1 aliphatic rings. The number of aromatic nitrogens is 3. The van der Waals surface area contributed by atoms with Gasteiger partial charge in [-0.2, -0.15) is 5.26 Å². The van der Waals surface area contributed by atoms with Crippen LogP contribution in [0.15, 0.2) is 64.2 Å². The van der Waals surface area contributed by atoms with E-state index in [0.29, 0.717) is 11.3 Å². The van der Waals surface area contributed by atoms with E-state index in [1.54, 1.807) is 30.3 Å². The summed E-state index contributed by atoms with van der Waals surface area (Å²) in [5.74, 6) is -1.26. The second-order valence-corrected chi connectivity index (χ2v) is 6.07. The molecule has 0 spiro atoms. The number of halogens is 1. The van der Waals surface area contributed by atoms with Crippen molar-refractivity contribution in [2.45, 2.75) is 12.2 Å². The van der Waals surface area contributed by atoms with Gasteiger partial charge in [0.05, 0.1) is 17.8 Å². The monoisotopic (exact) mass is 351 g/mol. The van der Waals surface area contributed by atoms with Crippen LogP contribution in [0.5, 0.6) is 0 Å². The molecule has 8 heteroatoms. The molecule has 26 heavy (non-hydrogen) atoms. The lowest BCUT2D eigenvalue weighted by molar-refractivity contribution is 0.436. The third kappa shape index (κ3) is 2.14. The highest BCUT2D eigenvalue weighted by atomic mass is 19.1. The van der Waals surface area contributed by atoms with Crippen LogP contribution in [0.3, 0.4) is 0 Å². The van der Waals surface area contributed by atoms with Crippen molar-refractivity contribution in [3.63, 3.8) is 0 Å². The van der Waals surface area contributed by atoms with Gasteiger partial charge in [0.25, 0.3) is 0 Å². The van der Waals surface area contributed by atoms with Crippen molar-refractivity contribution in [2.75, 3.05) is 0 Å². The van der Waals surface area contributed by atoms with Crippen LogP contribution in [-0.4, -0.2) is 13.9 Å². The second kappa shape index (κ2) is 5.82. The summed E-state index contributed by atoms with van der Waals surface area (Å²) in [6.45, 7) is 0. The number of nitrogens with zero attached hydrogens (tertiary/aromatic N) is 4. The summed E-state index contributed by atoms with van der Waals surface area (Å²) in [6, 6.07) is 15.2. The van der Waals surface area contributed by atoms with E-state index in [0.717, 1.165) is 9.25 Å². The van der Waals surface area contributed by atoms with Crippen LogP contribution >= 0.6 is 0 Å². The van der Waals surface area contributed by atoms with Gasteiger partial charge in [0.1, 0.15) is 17.9 Å². The molecular weight excluding hydrogens is 337 g/mol. The van der Waals surface area contributed by atoms with Crippen molar-refractivity contribution in [2.24, 2.45) is 11.7 Å². The average molecular weight is 351 g/mol. The van der Waals surface area contributed by atoms with Crippen molar-refractivity contribution in [1.29, 1.82) is 5.26 Å². The van der Waals surface area contributed by atoms with Gasteiger partial charge in [-0.25, -0.2) is 27.9 Å². The van der Waals surface area contributed by atoms with Gasteiger partial charge in [0.2, 0.25) is 0 Å². The van der Waals surface area contributed by atoms with Crippen LogP contribution in [0.1, 0.15) is 17.8 Å². The van der Waals surface area contributed by atoms with E-state index >= 15 is 0 Å². The minimum atomic E-state index is -0.986. The van der Waals surface area contributed by atoms with Crippen molar-refractivity contribution < 1.29 is 4.39 Å². The van der Waals surface area contributed by atoms with Gasteiger partial charge in [0, 0.05) is 0 Å². The molecule has 3 aromatic rings. The lowest BCUT2D eigenvalue weighted by Crippen LogP contribution is -2.34. The Morgan fingerprint density at radius 2 is 1.58 bits per heavy atom. The summed E-state index contributed by atoms with van der Waals surface area (Å²) in [5, 5.41) is 9.54. The molecule has 2 aromatic carbocycles. The minimum Gasteiger partial charge on any atom is -0.308 e. The Hall–Kier alpha value is -3.44. The zero-order valence-electron chi connectivity index (χ0n) is 13.5. The molecule has 0 saturated carbocycles. The predicted molar refractivity (Wildman–Crippen MR) is 91.2 cm³/mol. The number of nitrogens with two attached hydrogens (primary N) is 1. The maximum absolute atomic E-state index is 13.3. The first-order valence-electron chi connectivity index (χ1n) is 7.96. The minimum absolute atomic E-state index is 0.412. The van der Waals surface area contributed by atoms with E-state index in [-0.39, 0.29) is 0 Å². The van der Waals surface area contributed by atoms with Crippen LogP contribution in [-0.2, 0) is 0 Å². The predicted octanol–water partition coefficient (Wildman–Crippen LogP) is 1.14. The topological polar surface area (TPSA) is 98.7 Å². The lowest BCUT2D eigenvalue weighted by atomic mass is 9.93. The van der Waals surface area contributed by atoms with Gasteiger partial charge < -0.3 is 5.73 Å². The Balaban J connectivity index is 1.99. The summed E-state index contributed by atoms with van der Waals surface area (Å²) in [6.07, 6.45) is -0.986. The van der Waals surface area contributed by atoms with Crippen LogP contribution in [0, 0.1) is 23.1 Å². The van der Waals surface area contributed by atoms with Crippen molar-refractivity contribution in [3.8, 4) is 11.8 Å². The quantitative estimate of drug-likeness (QED) is 0.748. The fourth-order valence-electron chi connectivity index (χ4n) is 3.44. The van der Waals surface area contributed by atoms with E-state index in [9.17, 15) is 19.2 Å². The molecule has 0 bridgehead atoms. The number of benzene rings is 2. The Labute approximate surface area is 146 Å². The molecule has 0 fully saturated rings. The van der Waals surface area contributed by atoms with Gasteiger partial charge in [-0.15, -0.1) is 0 Å². The fourth-order valence-corrected chi connectivity index (χ4v) is 3.44. The van der Waals surface area contributed by atoms with Crippen molar-refractivity contribution >= 4 is 0 Å². The smallest absolute Gasteiger partial charge is 0.308 e. The van der Waals surface area contributed by atoms with E-state index in [1.807, 2.05) is 0 Å². The first-order valence-corrected chi connectivity index (χ1v) is 7.96. The Morgan fingerprint density at radius 3 is 2.19 bits per heavy atom. The molecule has 1 aliphatic heterocycles. The fraction of sp³-hybridized carbons (Fsp3) is 0.167. The third-order valence-corrected chi connectivity index (χ3v) is 4.64. The summed E-state index contributed by atoms with van der Waals surface area (Å²) in [5.41, 5.74) is 5.85. The van der Waals surface area contributed by atoms with E-state index in [4.69, 9.17) is 5.73 Å². The van der Waals surface area contributed by atoms with Gasteiger partial charge in [-0.1, -0.05) is 30.3 Å². The molecule has 4 rings (SSSR count). The Morgan fingerprint density at radius 1 is 0.962 bits per heavy atom. The molecule has 3 atom stereocenters. The second-order valence-electron chi connectivity index (χ2n) is 6.07.